The van der Waals surface area contributed by atoms with E-state index in [-0.39, 0.29) is 6.54 Å². The van der Waals surface area contributed by atoms with Crippen molar-refractivity contribution in [3.63, 3.8) is 0 Å². The molecule has 1 amide bonds. The van der Waals surface area contributed by atoms with E-state index in [2.05, 4.69) is 27.1 Å². The Morgan fingerprint density at radius 3 is 2.57 bits per heavy atom. The normalized spacial score (nSPS) is 17.6. The van der Waals surface area contributed by atoms with Gasteiger partial charge in [0.1, 0.15) is 10.8 Å². The number of rotatable bonds is 6. The average molecular weight is 443 g/mol. The summed E-state index contributed by atoms with van der Waals surface area (Å²) in [5.74, 6) is 0.638. The van der Waals surface area contributed by atoms with Crippen LogP contribution in [0.2, 0.25) is 0 Å². The number of aliphatic hydroxyl groups is 1. The fourth-order valence-corrected chi connectivity index (χ4v) is 4.20. The Hall–Kier alpha value is -2.20. The maximum absolute atomic E-state index is 13.5. The summed E-state index contributed by atoms with van der Waals surface area (Å²) in [6.45, 7) is 5.66. The minimum Gasteiger partial charge on any atom is -0.374 e. The number of hydrogen-bond acceptors (Lipinski definition) is 6. The van der Waals surface area contributed by atoms with Crippen LogP contribution in [-0.2, 0) is 16.9 Å². The molecule has 2 N–H and O–H groups in total. The van der Waals surface area contributed by atoms with Crippen LogP contribution in [0.15, 0.2) is 23.7 Å². The number of carbonyl (C=O) groups is 1. The number of halogens is 3. The first-order valence-electron chi connectivity index (χ1n) is 9.77. The van der Waals surface area contributed by atoms with Crippen LogP contribution in [0, 0.1) is 12.8 Å². The number of aromatic nitrogens is 2. The highest BCUT2D eigenvalue weighted by Gasteiger charge is 2.58. The predicted molar refractivity (Wildman–Crippen MR) is 108 cm³/mol. The number of nitrogens with zero attached hydrogens (tertiary/aromatic N) is 3. The van der Waals surface area contributed by atoms with Crippen molar-refractivity contribution < 1.29 is 23.1 Å². The highest BCUT2D eigenvalue weighted by Crippen LogP contribution is 2.42. The first-order chi connectivity index (χ1) is 14.1. The molecule has 0 radical (unpaired) electrons. The van der Waals surface area contributed by atoms with Gasteiger partial charge in [0.25, 0.3) is 0 Å². The molecule has 1 fully saturated rings. The number of thiazole rings is 1. The molecule has 164 valence electrons. The molecule has 1 saturated heterocycles. The minimum atomic E-state index is -5.02. The first kappa shape index (κ1) is 22.5. The second kappa shape index (κ2) is 8.89. The van der Waals surface area contributed by atoms with Crippen molar-refractivity contribution in [1.82, 2.24) is 15.3 Å². The zero-order valence-corrected chi connectivity index (χ0v) is 17.7. The van der Waals surface area contributed by atoms with Gasteiger partial charge >= 0.3 is 6.18 Å². The minimum absolute atomic E-state index is 0.0218. The first-order valence-corrected chi connectivity index (χ1v) is 10.6. The van der Waals surface area contributed by atoms with Crippen LogP contribution in [0.4, 0.5) is 19.0 Å². The van der Waals surface area contributed by atoms with Crippen LogP contribution >= 0.6 is 11.3 Å². The van der Waals surface area contributed by atoms with E-state index in [0.29, 0.717) is 28.5 Å². The third-order valence-corrected chi connectivity index (χ3v) is 6.38. The molecule has 1 aliphatic rings. The van der Waals surface area contributed by atoms with E-state index in [4.69, 9.17) is 0 Å². The maximum Gasteiger partial charge on any atom is 0.424 e. The molecule has 1 aliphatic heterocycles. The van der Waals surface area contributed by atoms with Crippen molar-refractivity contribution >= 4 is 23.1 Å². The quantitative estimate of drug-likeness (QED) is 0.716. The standard InChI is InChI=1S/C20H25F3N4O2S/c1-13-5-7-27(8-6-13)16-4-3-15(10-24-16)11-25-17(28)9-19(29,20(21,22)23)18-26-14(2)12-30-18/h3-4,10,12-13,29H,5-9,11H2,1-2H3,(H,25,28). The van der Waals surface area contributed by atoms with Crippen LogP contribution in [0.1, 0.15) is 42.5 Å². The Kier molecular flexibility index (Phi) is 6.66. The summed E-state index contributed by atoms with van der Waals surface area (Å²) < 4.78 is 40.5. The predicted octanol–water partition coefficient (Wildman–Crippen LogP) is 3.54. The molecule has 2 aromatic rings. The second-order valence-electron chi connectivity index (χ2n) is 7.80. The summed E-state index contributed by atoms with van der Waals surface area (Å²) in [6, 6.07) is 3.64. The Balaban J connectivity index is 1.59. The zero-order valence-electron chi connectivity index (χ0n) is 16.9. The number of pyridine rings is 1. The number of carbonyl (C=O) groups excluding carboxylic acids is 1. The van der Waals surface area contributed by atoms with Crippen molar-refractivity contribution in [2.45, 2.75) is 51.4 Å². The molecule has 10 heteroatoms. The highest BCUT2D eigenvalue weighted by molar-refractivity contribution is 7.09. The van der Waals surface area contributed by atoms with Gasteiger partial charge in [0.2, 0.25) is 11.5 Å². The van der Waals surface area contributed by atoms with Crippen molar-refractivity contribution in [2.75, 3.05) is 18.0 Å². The number of aryl methyl sites for hydroxylation is 1. The molecular weight excluding hydrogens is 417 g/mol. The molecule has 2 aromatic heterocycles. The molecule has 0 bridgehead atoms. The Bertz CT molecular complexity index is 864. The molecule has 0 saturated carbocycles. The fraction of sp³-hybridized carbons (Fsp3) is 0.550. The van der Waals surface area contributed by atoms with E-state index in [1.54, 1.807) is 12.3 Å². The Morgan fingerprint density at radius 2 is 2.03 bits per heavy atom. The fourth-order valence-electron chi connectivity index (χ4n) is 3.28. The number of alkyl halides is 3. The molecule has 0 aliphatic carbocycles. The van der Waals surface area contributed by atoms with Crippen LogP contribution in [-0.4, -0.2) is 40.2 Å². The Labute approximate surface area is 177 Å². The lowest BCUT2D eigenvalue weighted by Crippen LogP contribution is -2.46. The van der Waals surface area contributed by atoms with Crippen molar-refractivity contribution in [3.05, 3.63) is 40.0 Å². The zero-order chi connectivity index (χ0) is 21.9. The Morgan fingerprint density at radius 1 is 1.33 bits per heavy atom. The van der Waals surface area contributed by atoms with Crippen LogP contribution < -0.4 is 10.2 Å². The van der Waals surface area contributed by atoms with Gasteiger partial charge in [-0.25, -0.2) is 9.97 Å². The van der Waals surface area contributed by atoms with Crippen LogP contribution in [0.5, 0.6) is 0 Å². The van der Waals surface area contributed by atoms with Gasteiger partial charge in [-0.05, 0) is 37.3 Å². The van der Waals surface area contributed by atoms with E-state index < -0.39 is 29.1 Å². The lowest BCUT2D eigenvalue weighted by molar-refractivity contribution is -0.267. The molecule has 0 spiro atoms. The summed E-state index contributed by atoms with van der Waals surface area (Å²) in [6.07, 6.45) is -2.35. The summed E-state index contributed by atoms with van der Waals surface area (Å²) in [5, 5.41) is 13.5. The number of amides is 1. The number of nitrogens with one attached hydrogen (secondary N) is 1. The molecule has 1 atom stereocenters. The van der Waals surface area contributed by atoms with Gasteiger partial charge in [-0.2, -0.15) is 13.2 Å². The summed E-state index contributed by atoms with van der Waals surface area (Å²) in [5.41, 5.74) is -2.30. The largest absolute Gasteiger partial charge is 0.424 e. The van der Waals surface area contributed by atoms with E-state index in [1.807, 2.05) is 6.07 Å². The lowest BCUT2D eigenvalue weighted by Gasteiger charge is -2.31. The van der Waals surface area contributed by atoms with Gasteiger partial charge in [0, 0.05) is 36.9 Å². The van der Waals surface area contributed by atoms with Crippen LogP contribution in [0.25, 0.3) is 0 Å². The number of hydrogen-bond donors (Lipinski definition) is 2. The van der Waals surface area contributed by atoms with E-state index >= 15 is 0 Å². The summed E-state index contributed by atoms with van der Waals surface area (Å²) in [7, 11) is 0. The molecule has 1 unspecified atom stereocenters. The molecule has 30 heavy (non-hydrogen) atoms. The molecule has 0 aromatic carbocycles. The lowest BCUT2D eigenvalue weighted by atomic mass is 9.99. The third kappa shape index (κ3) is 5.10. The average Bonchev–Trinajstić information content (AvgIpc) is 3.13. The molecule has 6 nitrogen and oxygen atoms in total. The topological polar surface area (TPSA) is 78.4 Å². The van der Waals surface area contributed by atoms with Gasteiger partial charge in [-0.15, -0.1) is 11.3 Å². The maximum atomic E-state index is 13.5. The second-order valence-corrected chi connectivity index (χ2v) is 8.66. The highest BCUT2D eigenvalue weighted by atomic mass is 32.1. The van der Waals surface area contributed by atoms with Gasteiger partial charge in [-0.3, -0.25) is 4.79 Å². The number of anilines is 1. The molecule has 3 rings (SSSR count). The van der Waals surface area contributed by atoms with E-state index in [9.17, 15) is 23.1 Å². The van der Waals surface area contributed by atoms with E-state index in [1.165, 1.54) is 12.3 Å². The van der Waals surface area contributed by atoms with Crippen LogP contribution in [0.3, 0.4) is 0 Å². The monoisotopic (exact) mass is 442 g/mol. The van der Waals surface area contributed by atoms with Crippen molar-refractivity contribution in [3.8, 4) is 0 Å². The van der Waals surface area contributed by atoms with Gasteiger partial charge in [-0.1, -0.05) is 13.0 Å². The van der Waals surface area contributed by atoms with Crippen molar-refractivity contribution in [2.24, 2.45) is 5.92 Å². The number of piperidine rings is 1. The smallest absolute Gasteiger partial charge is 0.374 e. The molecular formula is C20H25F3N4O2S. The summed E-state index contributed by atoms with van der Waals surface area (Å²) >= 11 is 0.679. The SMILES string of the molecule is Cc1csc(C(O)(CC(=O)NCc2ccc(N3CCC(C)CC3)nc2)C(F)(F)F)n1. The van der Waals surface area contributed by atoms with Gasteiger partial charge in [0.15, 0.2) is 0 Å². The van der Waals surface area contributed by atoms with Gasteiger partial charge < -0.3 is 15.3 Å². The van der Waals surface area contributed by atoms with Gasteiger partial charge in [0.05, 0.1) is 6.42 Å². The summed E-state index contributed by atoms with van der Waals surface area (Å²) in [4.78, 5) is 22.5. The third-order valence-electron chi connectivity index (χ3n) is 5.26. The van der Waals surface area contributed by atoms with E-state index in [0.717, 1.165) is 31.7 Å². The van der Waals surface area contributed by atoms with Crippen molar-refractivity contribution in [1.29, 1.82) is 0 Å². The molecule has 3 heterocycles.